The van der Waals surface area contributed by atoms with Gasteiger partial charge in [-0.25, -0.2) is 9.48 Å². The van der Waals surface area contributed by atoms with Crippen molar-refractivity contribution in [1.29, 1.82) is 0 Å². The van der Waals surface area contributed by atoms with Gasteiger partial charge in [-0.1, -0.05) is 0 Å². The lowest BCUT2D eigenvalue weighted by Gasteiger charge is -2.11. The van der Waals surface area contributed by atoms with E-state index in [2.05, 4.69) is 15.7 Å². The van der Waals surface area contributed by atoms with Crippen molar-refractivity contribution in [3.05, 3.63) is 16.3 Å². The van der Waals surface area contributed by atoms with Crippen LogP contribution < -0.4 is 16.3 Å². The Kier molecular flexibility index (Phi) is 2.91. The lowest BCUT2D eigenvalue weighted by Crippen LogP contribution is -2.36. The first-order valence-corrected chi connectivity index (χ1v) is 6.38. The highest BCUT2D eigenvalue weighted by Crippen LogP contribution is 2.27. The van der Waals surface area contributed by atoms with Crippen LogP contribution in [-0.4, -0.2) is 33.3 Å². The standard InChI is InChI=1S/C11H17N5O2/c17-10(13-5-8-1-2-8)7-16-11(18)15-4-3-12-6-9(15)14-16/h8,12H,1-7H2,(H,13,17). The number of hydrogen-bond acceptors (Lipinski definition) is 4. The highest BCUT2D eigenvalue weighted by Gasteiger charge is 2.22. The molecule has 7 nitrogen and oxygen atoms in total. The van der Waals surface area contributed by atoms with Crippen LogP contribution in [0, 0.1) is 5.92 Å². The maximum Gasteiger partial charge on any atom is 0.346 e. The number of carbonyl (C=O) groups is 1. The Morgan fingerprint density at radius 3 is 3.06 bits per heavy atom. The minimum atomic E-state index is -0.187. The van der Waals surface area contributed by atoms with Crippen molar-refractivity contribution in [3.8, 4) is 0 Å². The Morgan fingerprint density at radius 1 is 1.50 bits per heavy atom. The zero-order valence-corrected chi connectivity index (χ0v) is 10.2. The van der Waals surface area contributed by atoms with Gasteiger partial charge in [-0.05, 0) is 18.8 Å². The van der Waals surface area contributed by atoms with E-state index in [0.717, 1.165) is 13.1 Å². The molecule has 1 amide bonds. The largest absolute Gasteiger partial charge is 0.354 e. The highest BCUT2D eigenvalue weighted by molar-refractivity contribution is 5.75. The predicted octanol–water partition coefficient (Wildman–Crippen LogP) is -1.33. The molecule has 0 aromatic carbocycles. The lowest BCUT2D eigenvalue weighted by molar-refractivity contribution is -0.121. The molecule has 1 aromatic heterocycles. The zero-order valence-electron chi connectivity index (χ0n) is 10.2. The minimum Gasteiger partial charge on any atom is -0.354 e. The number of fused-ring (bicyclic) bond motifs is 1. The normalized spacial score (nSPS) is 18.4. The van der Waals surface area contributed by atoms with Crippen LogP contribution in [0.2, 0.25) is 0 Å². The van der Waals surface area contributed by atoms with E-state index in [1.54, 1.807) is 4.57 Å². The molecule has 18 heavy (non-hydrogen) atoms. The molecule has 2 heterocycles. The maximum atomic E-state index is 12.0. The molecular weight excluding hydrogens is 234 g/mol. The fourth-order valence-corrected chi connectivity index (χ4v) is 2.11. The molecule has 7 heteroatoms. The molecule has 1 aliphatic heterocycles. The smallest absolute Gasteiger partial charge is 0.346 e. The van der Waals surface area contributed by atoms with Gasteiger partial charge in [0.1, 0.15) is 12.4 Å². The summed E-state index contributed by atoms with van der Waals surface area (Å²) in [4.78, 5) is 23.6. The third-order valence-corrected chi connectivity index (χ3v) is 3.37. The summed E-state index contributed by atoms with van der Waals surface area (Å²) < 4.78 is 2.88. The summed E-state index contributed by atoms with van der Waals surface area (Å²) >= 11 is 0. The average molecular weight is 251 g/mol. The molecule has 0 radical (unpaired) electrons. The molecule has 1 aromatic rings. The summed E-state index contributed by atoms with van der Waals surface area (Å²) in [5.74, 6) is 1.22. The number of rotatable bonds is 4. The van der Waals surface area contributed by atoms with Crippen LogP contribution in [0.1, 0.15) is 18.7 Å². The first-order valence-electron chi connectivity index (χ1n) is 6.38. The predicted molar refractivity (Wildman–Crippen MR) is 63.9 cm³/mol. The van der Waals surface area contributed by atoms with Crippen molar-refractivity contribution in [2.75, 3.05) is 13.1 Å². The molecule has 1 aliphatic carbocycles. The monoisotopic (exact) mass is 251 g/mol. The van der Waals surface area contributed by atoms with Crippen molar-refractivity contribution in [3.63, 3.8) is 0 Å². The van der Waals surface area contributed by atoms with Gasteiger partial charge in [0.05, 0.1) is 6.54 Å². The van der Waals surface area contributed by atoms with Crippen LogP contribution >= 0.6 is 0 Å². The molecular formula is C11H17N5O2. The summed E-state index contributed by atoms with van der Waals surface area (Å²) in [6.07, 6.45) is 2.40. The van der Waals surface area contributed by atoms with Crippen LogP contribution in [0.25, 0.3) is 0 Å². The van der Waals surface area contributed by atoms with Crippen LogP contribution in [0.5, 0.6) is 0 Å². The molecule has 2 aliphatic rings. The molecule has 0 unspecified atom stereocenters. The molecule has 0 atom stereocenters. The number of hydrogen-bond donors (Lipinski definition) is 2. The summed E-state index contributed by atoms with van der Waals surface area (Å²) in [5.41, 5.74) is -0.187. The SMILES string of the molecule is O=C(Cn1nc2n(c1=O)CCNC2)NCC1CC1. The Hall–Kier alpha value is -1.63. The number of nitrogens with one attached hydrogen (secondary N) is 2. The first-order chi connectivity index (χ1) is 8.74. The molecule has 1 fully saturated rings. The molecule has 0 saturated heterocycles. The quantitative estimate of drug-likeness (QED) is 0.695. The van der Waals surface area contributed by atoms with Gasteiger partial charge in [-0.3, -0.25) is 9.36 Å². The van der Waals surface area contributed by atoms with Gasteiger partial charge < -0.3 is 10.6 Å². The second-order valence-electron chi connectivity index (χ2n) is 4.93. The molecule has 0 spiro atoms. The molecule has 0 bridgehead atoms. The van der Waals surface area contributed by atoms with Crippen molar-refractivity contribution in [1.82, 2.24) is 25.0 Å². The van der Waals surface area contributed by atoms with E-state index in [0.29, 0.717) is 24.8 Å². The summed E-state index contributed by atoms with van der Waals surface area (Å²) in [6, 6.07) is 0. The highest BCUT2D eigenvalue weighted by atomic mass is 16.2. The van der Waals surface area contributed by atoms with Gasteiger partial charge in [-0.15, -0.1) is 0 Å². The van der Waals surface area contributed by atoms with Crippen molar-refractivity contribution >= 4 is 5.91 Å². The molecule has 1 saturated carbocycles. The van der Waals surface area contributed by atoms with Gasteiger partial charge in [0.15, 0.2) is 0 Å². The van der Waals surface area contributed by atoms with E-state index in [9.17, 15) is 9.59 Å². The number of carbonyl (C=O) groups excluding carboxylic acids is 1. The van der Waals surface area contributed by atoms with Gasteiger partial charge >= 0.3 is 5.69 Å². The van der Waals surface area contributed by atoms with Crippen LogP contribution in [0.4, 0.5) is 0 Å². The Bertz CT molecular complexity index is 514. The van der Waals surface area contributed by atoms with Crippen molar-refractivity contribution in [2.24, 2.45) is 5.92 Å². The van der Waals surface area contributed by atoms with Crippen LogP contribution in [0.15, 0.2) is 4.79 Å². The van der Waals surface area contributed by atoms with Gasteiger partial charge in [-0.2, -0.15) is 5.10 Å². The molecule has 2 N–H and O–H groups in total. The van der Waals surface area contributed by atoms with E-state index in [-0.39, 0.29) is 18.1 Å². The van der Waals surface area contributed by atoms with Gasteiger partial charge in [0.2, 0.25) is 5.91 Å². The summed E-state index contributed by atoms with van der Waals surface area (Å²) in [7, 11) is 0. The fraction of sp³-hybridized carbons (Fsp3) is 0.727. The zero-order chi connectivity index (χ0) is 12.5. The van der Waals surface area contributed by atoms with Crippen molar-refractivity contribution < 1.29 is 4.79 Å². The molecule has 98 valence electrons. The van der Waals surface area contributed by atoms with Gasteiger partial charge in [0, 0.05) is 19.6 Å². The number of amides is 1. The van der Waals surface area contributed by atoms with E-state index >= 15 is 0 Å². The maximum absolute atomic E-state index is 12.0. The van der Waals surface area contributed by atoms with Gasteiger partial charge in [0.25, 0.3) is 0 Å². The first kappa shape index (κ1) is 11.5. The second kappa shape index (κ2) is 4.56. The molecule has 3 rings (SSSR count). The number of aromatic nitrogens is 3. The Balaban J connectivity index is 1.66. The average Bonchev–Trinajstić information content (AvgIpc) is 3.15. The Labute approximate surface area is 104 Å². The lowest BCUT2D eigenvalue weighted by atomic mass is 10.4. The van der Waals surface area contributed by atoms with Crippen LogP contribution in [-0.2, 0) is 24.4 Å². The van der Waals surface area contributed by atoms with Crippen LogP contribution in [0.3, 0.4) is 0 Å². The minimum absolute atomic E-state index is 0.0194. The van der Waals surface area contributed by atoms with E-state index < -0.39 is 0 Å². The third kappa shape index (κ3) is 2.31. The van der Waals surface area contributed by atoms with E-state index in [1.807, 2.05) is 0 Å². The van der Waals surface area contributed by atoms with Crippen molar-refractivity contribution in [2.45, 2.75) is 32.5 Å². The topological polar surface area (TPSA) is 81.0 Å². The second-order valence-corrected chi connectivity index (χ2v) is 4.93. The summed E-state index contributed by atoms with van der Waals surface area (Å²) in [6.45, 7) is 2.73. The third-order valence-electron chi connectivity index (χ3n) is 3.37. The summed E-state index contributed by atoms with van der Waals surface area (Å²) in [5, 5.41) is 10.2. The van der Waals surface area contributed by atoms with E-state index in [4.69, 9.17) is 0 Å². The van der Waals surface area contributed by atoms with E-state index in [1.165, 1.54) is 17.5 Å². The number of nitrogens with zero attached hydrogens (tertiary/aromatic N) is 3. The Morgan fingerprint density at radius 2 is 2.33 bits per heavy atom. The fourth-order valence-electron chi connectivity index (χ4n) is 2.11.